The predicted molar refractivity (Wildman–Crippen MR) is 81.4 cm³/mol. The number of benzene rings is 2. The Morgan fingerprint density at radius 1 is 0.950 bits per heavy atom. The van der Waals surface area contributed by atoms with Crippen LogP contribution in [0, 0.1) is 0 Å². The Kier molecular flexibility index (Phi) is 4.94. The van der Waals surface area contributed by atoms with E-state index in [0.29, 0.717) is 12.8 Å². The molecule has 0 aromatic heterocycles. The second-order valence-electron chi connectivity index (χ2n) is 5.20. The van der Waals surface area contributed by atoms with Gasteiger partial charge in [-0.2, -0.15) is 0 Å². The molecule has 2 unspecified atom stereocenters. The van der Waals surface area contributed by atoms with E-state index >= 15 is 0 Å². The maximum absolute atomic E-state index is 11.0. The third-order valence-corrected chi connectivity index (χ3v) is 3.85. The first-order valence-corrected chi connectivity index (χ1v) is 7.16. The van der Waals surface area contributed by atoms with E-state index in [2.05, 4.69) is 0 Å². The average molecular weight is 270 g/mol. The highest BCUT2D eigenvalue weighted by Gasteiger charge is 2.35. The molecule has 2 rings (SSSR count). The van der Waals surface area contributed by atoms with Crippen LogP contribution in [0.1, 0.15) is 30.9 Å². The molecule has 0 amide bonds. The molecule has 0 aliphatic heterocycles. The molecule has 2 aromatic carbocycles. The van der Waals surface area contributed by atoms with Crippen molar-refractivity contribution >= 4 is 0 Å². The van der Waals surface area contributed by atoms with Crippen molar-refractivity contribution in [1.82, 2.24) is 0 Å². The number of rotatable bonds is 6. The summed E-state index contributed by atoms with van der Waals surface area (Å²) in [7, 11) is 0. The lowest BCUT2D eigenvalue weighted by atomic mass is 9.82. The zero-order valence-corrected chi connectivity index (χ0v) is 11.9. The van der Waals surface area contributed by atoms with Crippen LogP contribution in [0.25, 0.3) is 0 Å². The molecule has 0 aliphatic carbocycles. The quantitative estimate of drug-likeness (QED) is 0.845. The normalized spacial score (nSPS) is 15.6. The highest BCUT2D eigenvalue weighted by Crippen LogP contribution is 2.31. The van der Waals surface area contributed by atoms with Crippen molar-refractivity contribution in [1.29, 1.82) is 0 Å². The third kappa shape index (κ3) is 3.27. The maximum atomic E-state index is 11.0. The Hall–Kier alpha value is -1.64. The molecule has 2 N–H and O–H groups in total. The van der Waals surface area contributed by atoms with E-state index < -0.39 is 11.7 Å². The Labute approximate surface area is 120 Å². The minimum absolute atomic E-state index is 0.510. The summed E-state index contributed by atoms with van der Waals surface area (Å²) in [6, 6.07) is 19.5. The lowest BCUT2D eigenvalue weighted by Gasteiger charge is -2.33. The van der Waals surface area contributed by atoms with Crippen LogP contribution in [0.5, 0.6) is 0 Å². The van der Waals surface area contributed by atoms with E-state index in [1.165, 1.54) is 5.56 Å². The molecule has 2 nitrogen and oxygen atoms in total. The van der Waals surface area contributed by atoms with Gasteiger partial charge in [0, 0.05) is 0 Å². The van der Waals surface area contributed by atoms with E-state index in [0.717, 1.165) is 12.0 Å². The molecule has 0 saturated carbocycles. The van der Waals surface area contributed by atoms with Gasteiger partial charge >= 0.3 is 0 Å². The summed E-state index contributed by atoms with van der Waals surface area (Å²) in [5.41, 5.74) is 0.765. The summed E-state index contributed by atoms with van der Waals surface area (Å²) in [6.45, 7) is 1.89. The number of aryl methyl sites for hydroxylation is 1. The van der Waals surface area contributed by atoms with Gasteiger partial charge in [0.1, 0.15) is 5.60 Å². The van der Waals surface area contributed by atoms with Crippen molar-refractivity contribution < 1.29 is 10.2 Å². The Balaban J connectivity index is 2.20. The van der Waals surface area contributed by atoms with Crippen molar-refractivity contribution in [2.24, 2.45) is 0 Å². The SMILES string of the molecule is CCC(O)C(O)(CCc1ccccc1)c1ccccc1. The second kappa shape index (κ2) is 6.69. The number of aliphatic hydroxyl groups is 2. The molecule has 0 fully saturated rings. The lowest BCUT2D eigenvalue weighted by Crippen LogP contribution is -2.39. The van der Waals surface area contributed by atoms with Crippen LogP contribution in [0.2, 0.25) is 0 Å². The lowest BCUT2D eigenvalue weighted by molar-refractivity contribution is -0.0872. The van der Waals surface area contributed by atoms with Gasteiger partial charge in [-0.3, -0.25) is 0 Å². The van der Waals surface area contributed by atoms with E-state index in [9.17, 15) is 10.2 Å². The fraction of sp³-hybridized carbons (Fsp3) is 0.333. The van der Waals surface area contributed by atoms with E-state index in [1.807, 2.05) is 67.6 Å². The molecule has 0 aliphatic rings. The number of hydrogen-bond donors (Lipinski definition) is 2. The molecule has 0 heterocycles. The molecule has 2 aromatic rings. The number of aliphatic hydroxyl groups excluding tert-OH is 1. The van der Waals surface area contributed by atoms with Gasteiger partial charge in [-0.05, 0) is 30.4 Å². The fourth-order valence-electron chi connectivity index (χ4n) is 2.55. The molecular weight excluding hydrogens is 248 g/mol. The van der Waals surface area contributed by atoms with Crippen LogP contribution < -0.4 is 0 Å². The van der Waals surface area contributed by atoms with Gasteiger partial charge in [0.05, 0.1) is 6.10 Å². The van der Waals surface area contributed by atoms with Gasteiger partial charge in [-0.15, -0.1) is 0 Å². The van der Waals surface area contributed by atoms with Crippen molar-refractivity contribution in [2.45, 2.75) is 37.9 Å². The first-order chi connectivity index (χ1) is 9.66. The summed E-state index contributed by atoms with van der Waals surface area (Å²) in [6.07, 6.45) is 1.02. The Morgan fingerprint density at radius 2 is 1.50 bits per heavy atom. The standard InChI is InChI=1S/C18H22O2/c1-2-17(19)18(20,16-11-7-4-8-12-16)14-13-15-9-5-3-6-10-15/h3-12,17,19-20H,2,13-14H2,1H3. The molecule has 2 atom stereocenters. The average Bonchev–Trinajstić information content (AvgIpc) is 2.53. The Morgan fingerprint density at radius 3 is 2.05 bits per heavy atom. The molecular formula is C18H22O2. The first-order valence-electron chi connectivity index (χ1n) is 7.16. The van der Waals surface area contributed by atoms with Crippen LogP contribution in [0.3, 0.4) is 0 Å². The van der Waals surface area contributed by atoms with Gasteiger partial charge in [-0.25, -0.2) is 0 Å². The highest BCUT2D eigenvalue weighted by atomic mass is 16.3. The molecule has 0 saturated heterocycles. The monoisotopic (exact) mass is 270 g/mol. The summed E-state index contributed by atoms with van der Waals surface area (Å²) in [5.74, 6) is 0. The zero-order valence-electron chi connectivity index (χ0n) is 11.9. The van der Waals surface area contributed by atoms with Gasteiger partial charge in [0.15, 0.2) is 0 Å². The topological polar surface area (TPSA) is 40.5 Å². The zero-order chi connectivity index (χ0) is 14.4. The molecule has 106 valence electrons. The van der Waals surface area contributed by atoms with Gasteiger partial charge in [0.2, 0.25) is 0 Å². The molecule has 0 bridgehead atoms. The summed E-state index contributed by atoms with van der Waals surface area (Å²) >= 11 is 0. The van der Waals surface area contributed by atoms with Crippen LogP contribution in [0.4, 0.5) is 0 Å². The first kappa shape index (κ1) is 14.8. The minimum atomic E-state index is -1.19. The minimum Gasteiger partial charge on any atom is -0.390 e. The van der Waals surface area contributed by atoms with E-state index in [1.54, 1.807) is 0 Å². The fourth-order valence-corrected chi connectivity index (χ4v) is 2.55. The largest absolute Gasteiger partial charge is 0.390 e. The van der Waals surface area contributed by atoms with Crippen LogP contribution in [0.15, 0.2) is 60.7 Å². The second-order valence-corrected chi connectivity index (χ2v) is 5.20. The van der Waals surface area contributed by atoms with Crippen LogP contribution in [-0.2, 0) is 12.0 Å². The van der Waals surface area contributed by atoms with Gasteiger partial charge < -0.3 is 10.2 Å². The highest BCUT2D eigenvalue weighted by molar-refractivity contribution is 5.25. The molecule has 0 radical (unpaired) electrons. The molecule has 20 heavy (non-hydrogen) atoms. The summed E-state index contributed by atoms with van der Waals surface area (Å²) in [4.78, 5) is 0. The van der Waals surface area contributed by atoms with E-state index in [4.69, 9.17) is 0 Å². The van der Waals surface area contributed by atoms with Crippen LogP contribution >= 0.6 is 0 Å². The maximum Gasteiger partial charge on any atom is 0.116 e. The summed E-state index contributed by atoms with van der Waals surface area (Å²) < 4.78 is 0. The van der Waals surface area contributed by atoms with Crippen molar-refractivity contribution in [3.05, 3.63) is 71.8 Å². The third-order valence-electron chi connectivity index (χ3n) is 3.85. The smallest absolute Gasteiger partial charge is 0.116 e. The molecule has 2 heteroatoms. The van der Waals surface area contributed by atoms with Crippen LogP contribution in [-0.4, -0.2) is 16.3 Å². The van der Waals surface area contributed by atoms with Gasteiger partial charge in [0.25, 0.3) is 0 Å². The van der Waals surface area contributed by atoms with Gasteiger partial charge in [-0.1, -0.05) is 67.6 Å². The van der Waals surface area contributed by atoms with Crippen molar-refractivity contribution in [2.75, 3.05) is 0 Å². The Bertz CT molecular complexity index is 509. The van der Waals surface area contributed by atoms with Crippen molar-refractivity contribution in [3.63, 3.8) is 0 Å². The summed E-state index contributed by atoms with van der Waals surface area (Å²) in [5, 5.41) is 21.2. The predicted octanol–water partition coefficient (Wildman–Crippen LogP) is 3.28. The molecule has 0 spiro atoms. The van der Waals surface area contributed by atoms with Crippen molar-refractivity contribution in [3.8, 4) is 0 Å². The number of hydrogen-bond acceptors (Lipinski definition) is 2. The van der Waals surface area contributed by atoms with E-state index in [-0.39, 0.29) is 0 Å².